The lowest BCUT2D eigenvalue weighted by molar-refractivity contribution is -0.209. The predicted octanol–water partition coefficient (Wildman–Crippen LogP) is 2.11. The summed E-state index contributed by atoms with van der Waals surface area (Å²) in [5, 5.41) is 9.44. The van der Waals surface area contributed by atoms with Gasteiger partial charge in [-0.1, -0.05) is 0 Å². The van der Waals surface area contributed by atoms with Crippen molar-refractivity contribution in [3.8, 4) is 5.75 Å². The van der Waals surface area contributed by atoms with E-state index in [9.17, 15) is 23.1 Å². The molecule has 1 N–H and O–H groups in total. The zero-order valence-corrected chi connectivity index (χ0v) is 12.0. The topological polar surface area (TPSA) is 77.9 Å². The highest BCUT2D eigenvalue weighted by atomic mass is 19.4. The lowest BCUT2D eigenvalue weighted by atomic mass is 10.0. The van der Waals surface area contributed by atoms with Crippen LogP contribution in [0.3, 0.4) is 0 Å². The molecule has 1 unspecified atom stereocenters. The Balaban J connectivity index is 2.60. The number of pyridine rings is 1. The Morgan fingerprint density at radius 2 is 2.14 bits per heavy atom. The van der Waals surface area contributed by atoms with Crippen LogP contribution in [0.1, 0.15) is 41.6 Å². The van der Waals surface area contributed by atoms with E-state index >= 15 is 0 Å². The van der Waals surface area contributed by atoms with Gasteiger partial charge in [-0.15, -0.1) is 0 Å². The summed E-state index contributed by atoms with van der Waals surface area (Å²) in [4.78, 5) is 15.3. The summed E-state index contributed by atoms with van der Waals surface area (Å²) in [5.41, 5.74) is -0.878. The normalized spacial score (nSPS) is 18.1. The van der Waals surface area contributed by atoms with Gasteiger partial charge in [-0.05, 0) is 0 Å². The smallest absolute Gasteiger partial charge is 0.418 e. The molecule has 0 aliphatic carbocycles. The quantitative estimate of drug-likeness (QED) is 0.841. The van der Waals surface area contributed by atoms with Gasteiger partial charge in [0.2, 0.25) is 5.79 Å². The minimum atomic E-state index is -4.88. The minimum absolute atomic E-state index is 0.0837. The van der Waals surface area contributed by atoms with Crippen LogP contribution in [-0.4, -0.2) is 35.1 Å². The second kappa shape index (κ2) is 5.40. The largest absolute Gasteiger partial charge is 0.464 e. The van der Waals surface area contributed by atoms with Crippen molar-refractivity contribution in [1.29, 1.82) is 0 Å². The highest BCUT2D eigenvalue weighted by Gasteiger charge is 2.43. The third-order valence-electron chi connectivity index (χ3n) is 3.07. The summed E-state index contributed by atoms with van der Waals surface area (Å²) in [6, 6.07) is 0. The number of aliphatic hydroxyl groups is 1. The Morgan fingerprint density at radius 3 is 2.68 bits per heavy atom. The fraction of sp³-hybridized carbons (Fsp3) is 0.538. The van der Waals surface area contributed by atoms with Crippen LogP contribution in [0.25, 0.3) is 0 Å². The molecule has 0 saturated heterocycles. The second-order valence-electron chi connectivity index (χ2n) is 5.10. The highest BCUT2D eigenvalue weighted by Crippen LogP contribution is 2.41. The van der Waals surface area contributed by atoms with Gasteiger partial charge in [0.1, 0.15) is 0 Å². The molecular formula is C13H14F3NO5. The Morgan fingerprint density at radius 1 is 1.50 bits per heavy atom. The van der Waals surface area contributed by atoms with E-state index in [1.807, 2.05) is 0 Å². The number of carbonyl (C=O) groups is 1. The molecule has 1 aromatic rings. The van der Waals surface area contributed by atoms with Gasteiger partial charge in [-0.25, -0.2) is 9.78 Å². The Hall–Kier alpha value is -1.87. The lowest BCUT2D eigenvalue weighted by Gasteiger charge is -2.34. The minimum Gasteiger partial charge on any atom is -0.464 e. The van der Waals surface area contributed by atoms with Crippen molar-refractivity contribution in [3.63, 3.8) is 0 Å². The molecule has 0 saturated carbocycles. The number of methoxy groups -OCH3 is 1. The maximum absolute atomic E-state index is 12.7. The Kier molecular flexibility index (Phi) is 4.05. The molecule has 1 aliphatic rings. The number of aromatic nitrogens is 1. The van der Waals surface area contributed by atoms with E-state index in [2.05, 4.69) is 9.72 Å². The Labute approximate surface area is 123 Å². The molecule has 2 rings (SSSR count). The molecule has 0 spiro atoms. The van der Waals surface area contributed by atoms with Crippen molar-refractivity contribution in [3.05, 3.63) is 23.0 Å². The zero-order valence-electron chi connectivity index (χ0n) is 12.0. The molecule has 0 bridgehead atoms. The van der Waals surface area contributed by atoms with E-state index in [1.165, 1.54) is 13.8 Å². The summed E-state index contributed by atoms with van der Waals surface area (Å²) in [6.45, 7) is 2.80. The van der Waals surface area contributed by atoms with Gasteiger partial charge in [0.15, 0.2) is 17.5 Å². The van der Waals surface area contributed by atoms with Crippen LogP contribution >= 0.6 is 0 Å². The molecule has 22 heavy (non-hydrogen) atoms. The van der Waals surface area contributed by atoms with Crippen molar-refractivity contribution in [2.75, 3.05) is 7.11 Å². The van der Waals surface area contributed by atoms with Gasteiger partial charge in [0, 0.05) is 31.2 Å². The average molecular weight is 321 g/mol. The first-order valence-corrected chi connectivity index (χ1v) is 6.24. The average Bonchev–Trinajstić information content (AvgIpc) is 2.42. The van der Waals surface area contributed by atoms with Crippen molar-refractivity contribution >= 4 is 5.97 Å². The monoisotopic (exact) mass is 321 g/mol. The molecule has 1 aliphatic heterocycles. The number of alkyl halides is 3. The summed E-state index contributed by atoms with van der Waals surface area (Å²) in [6.07, 6.45) is -6.86. The molecule has 1 atom stereocenters. The van der Waals surface area contributed by atoms with Gasteiger partial charge in [-0.3, -0.25) is 0 Å². The van der Waals surface area contributed by atoms with Crippen LogP contribution in [0.5, 0.6) is 5.75 Å². The molecular weight excluding hydrogens is 307 g/mol. The van der Waals surface area contributed by atoms with E-state index in [1.54, 1.807) is 0 Å². The summed E-state index contributed by atoms with van der Waals surface area (Å²) in [7, 11) is 1.11. The highest BCUT2D eigenvalue weighted by molar-refractivity contribution is 5.91. The number of hydrogen-bond acceptors (Lipinski definition) is 6. The van der Waals surface area contributed by atoms with Crippen LogP contribution in [0.2, 0.25) is 0 Å². The third-order valence-corrected chi connectivity index (χ3v) is 3.07. The van der Waals surface area contributed by atoms with Crippen molar-refractivity contribution in [1.82, 2.24) is 4.98 Å². The predicted molar refractivity (Wildman–Crippen MR) is 66.1 cm³/mol. The van der Waals surface area contributed by atoms with Gasteiger partial charge in [-0.2, -0.15) is 13.2 Å². The number of nitrogens with zero attached hydrogens (tertiary/aromatic N) is 1. The third kappa shape index (κ3) is 3.00. The van der Waals surface area contributed by atoms with Gasteiger partial charge >= 0.3 is 12.1 Å². The van der Waals surface area contributed by atoms with Crippen LogP contribution in [0.15, 0.2) is 6.20 Å². The number of halogens is 3. The second-order valence-corrected chi connectivity index (χ2v) is 5.10. The fourth-order valence-electron chi connectivity index (χ4n) is 1.98. The van der Waals surface area contributed by atoms with Crippen LogP contribution in [-0.2, 0) is 16.1 Å². The summed E-state index contributed by atoms with van der Waals surface area (Å²) < 4.78 is 53.4. The van der Waals surface area contributed by atoms with E-state index in [4.69, 9.17) is 9.47 Å². The zero-order chi connectivity index (χ0) is 16.7. The standard InChI is InChI=1S/C13H14F3NO5/c1-12(2)21-5-7-6(10(18)13(14,15)16)4-17-8(9(7)22-12)11(19)20-3/h4,10,18H,5H2,1-3H3. The number of esters is 1. The summed E-state index contributed by atoms with van der Waals surface area (Å²) >= 11 is 0. The van der Waals surface area contributed by atoms with Crippen molar-refractivity contribution in [2.45, 2.75) is 38.5 Å². The van der Waals surface area contributed by atoms with E-state index in [0.29, 0.717) is 0 Å². The molecule has 9 heteroatoms. The van der Waals surface area contributed by atoms with Gasteiger partial charge in [0.05, 0.1) is 13.7 Å². The Bertz CT molecular complexity index is 600. The van der Waals surface area contributed by atoms with Gasteiger partial charge < -0.3 is 19.3 Å². The number of fused-ring (bicyclic) bond motifs is 1. The van der Waals surface area contributed by atoms with Crippen LogP contribution in [0, 0.1) is 0 Å². The maximum atomic E-state index is 12.7. The molecule has 6 nitrogen and oxygen atoms in total. The lowest BCUT2D eigenvalue weighted by Crippen LogP contribution is -2.37. The van der Waals surface area contributed by atoms with E-state index < -0.39 is 29.6 Å². The first kappa shape index (κ1) is 16.5. The van der Waals surface area contributed by atoms with E-state index in [-0.39, 0.29) is 23.6 Å². The summed E-state index contributed by atoms with van der Waals surface area (Å²) in [5.74, 6) is -2.19. The fourth-order valence-corrected chi connectivity index (χ4v) is 1.98. The molecule has 2 heterocycles. The van der Waals surface area contributed by atoms with Crippen LogP contribution in [0.4, 0.5) is 13.2 Å². The van der Waals surface area contributed by atoms with E-state index in [0.717, 1.165) is 13.3 Å². The first-order valence-electron chi connectivity index (χ1n) is 6.24. The molecule has 1 aromatic heterocycles. The number of rotatable bonds is 2. The molecule has 0 aromatic carbocycles. The van der Waals surface area contributed by atoms with Crippen molar-refractivity contribution < 1.29 is 37.3 Å². The molecule has 0 radical (unpaired) electrons. The SMILES string of the molecule is COC(=O)c1ncc(C(O)C(F)(F)F)c2c1OC(C)(C)OC2. The van der Waals surface area contributed by atoms with Gasteiger partial charge in [0.25, 0.3) is 0 Å². The molecule has 122 valence electrons. The van der Waals surface area contributed by atoms with Crippen molar-refractivity contribution in [2.24, 2.45) is 0 Å². The molecule has 0 amide bonds. The maximum Gasteiger partial charge on any atom is 0.418 e. The number of ether oxygens (including phenoxy) is 3. The number of carbonyl (C=O) groups excluding carboxylic acids is 1. The van der Waals surface area contributed by atoms with Crippen LogP contribution < -0.4 is 4.74 Å². The molecule has 0 fully saturated rings. The first-order chi connectivity index (χ1) is 10.1. The number of aliphatic hydroxyl groups excluding tert-OH is 1. The number of hydrogen-bond donors (Lipinski definition) is 1.